The SMILES string of the molecule is CCCS(=O)(=O)C1C=C(C2=C(C)CN(c3cc(C)nn3C)C=C2C)CCC1. The molecule has 2 heterocycles. The Morgan fingerprint density at radius 3 is 2.59 bits per heavy atom. The average Bonchev–Trinajstić information content (AvgIpc) is 2.93. The van der Waals surface area contributed by atoms with E-state index in [2.05, 4.69) is 36.1 Å². The molecule has 0 fully saturated rings. The molecule has 1 aromatic rings. The summed E-state index contributed by atoms with van der Waals surface area (Å²) in [5, 5.41) is 4.12. The number of sulfone groups is 1. The number of aryl methyl sites for hydroxylation is 2. The van der Waals surface area contributed by atoms with Crippen LogP contribution in [0.25, 0.3) is 0 Å². The molecule has 0 aromatic carbocycles. The minimum Gasteiger partial charge on any atom is -0.329 e. The van der Waals surface area contributed by atoms with Gasteiger partial charge in [-0.15, -0.1) is 0 Å². The lowest BCUT2D eigenvalue weighted by molar-refractivity contribution is 0.573. The molecule has 1 atom stereocenters. The average molecular weight is 390 g/mol. The summed E-state index contributed by atoms with van der Waals surface area (Å²) in [5.74, 6) is 1.35. The molecule has 2 aliphatic rings. The third-order valence-corrected chi connectivity index (χ3v) is 7.71. The van der Waals surface area contributed by atoms with Gasteiger partial charge in [-0.3, -0.25) is 4.68 Å². The Morgan fingerprint density at radius 2 is 2.00 bits per heavy atom. The van der Waals surface area contributed by atoms with Crippen molar-refractivity contribution in [3.63, 3.8) is 0 Å². The third kappa shape index (κ3) is 4.05. The Labute approximate surface area is 163 Å². The fourth-order valence-corrected chi connectivity index (χ4v) is 6.14. The molecule has 1 unspecified atom stereocenters. The largest absolute Gasteiger partial charge is 0.329 e. The summed E-state index contributed by atoms with van der Waals surface area (Å²) in [4.78, 5) is 2.23. The topological polar surface area (TPSA) is 55.2 Å². The van der Waals surface area contributed by atoms with Gasteiger partial charge in [-0.25, -0.2) is 8.42 Å². The fraction of sp³-hybridized carbons (Fsp3) is 0.571. The van der Waals surface area contributed by atoms with E-state index in [0.717, 1.165) is 37.3 Å². The van der Waals surface area contributed by atoms with Gasteiger partial charge in [0.25, 0.3) is 0 Å². The molecule has 0 radical (unpaired) electrons. The van der Waals surface area contributed by atoms with Gasteiger partial charge in [0.1, 0.15) is 5.82 Å². The van der Waals surface area contributed by atoms with Crippen molar-refractivity contribution in [2.75, 3.05) is 17.2 Å². The highest BCUT2D eigenvalue weighted by Crippen LogP contribution is 2.36. The number of anilines is 1. The van der Waals surface area contributed by atoms with Gasteiger partial charge < -0.3 is 4.90 Å². The van der Waals surface area contributed by atoms with E-state index in [1.807, 2.05) is 31.7 Å². The smallest absolute Gasteiger partial charge is 0.156 e. The Bertz CT molecular complexity index is 919. The van der Waals surface area contributed by atoms with Crippen LogP contribution in [0.15, 0.2) is 40.6 Å². The van der Waals surface area contributed by atoms with Crippen molar-refractivity contribution in [3.05, 3.63) is 46.3 Å². The molecule has 0 saturated heterocycles. The van der Waals surface area contributed by atoms with Crippen molar-refractivity contribution < 1.29 is 8.42 Å². The highest BCUT2D eigenvalue weighted by Gasteiger charge is 2.28. The van der Waals surface area contributed by atoms with Gasteiger partial charge >= 0.3 is 0 Å². The first-order valence-electron chi connectivity index (χ1n) is 9.81. The van der Waals surface area contributed by atoms with Crippen LogP contribution in [-0.4, -0.2) is 35.7 Å². The summed E-state index contributed by atoms with van der Waals surface area (Å²) in [6, 6.07) is 2.09. The summed E-state index contributed by atoms with van der Waals surface area (Å²) in [7, 11) is -1.07. The maximum atomic E-state index is 12.6. The molecule has 0 amide bonds. The van der Waals surface area contributed by atoms with E-state index in [0.29, 0.717) is 6.42 Å². The molecule has 148 valence electrons. The quantitative estimate of drug-likeness (QED) is 0.762. The van der Waals surface area contributed by atoms with E-state index in [4.69, 9.17) is 0 Å². The van der Waals surface area contributed by atoms with Crippen LogP contribution in [0.1, 0.15) is 52.1 Å². The van der Waals surface area contributed by atoms with Crippen LogP contribution in [-0.2, 0) is 16.9 Å². The molecule has 0 saturated carbocycles. The second-order valence-corrected chi connectivity index (χ2v) is 10.2. The lowest BCUT2D eigenvalue weighted by atomic mass is 9.86. The van der Waals surface area contributed by atoms with Crippen molar-refractivity contribution in [1.82, 2.24) is 9.78 Å². The van der Waals surface area contributed by atoms with Crippen molar-refractivity contribution in [3.8, 4) is 0 Å². The molecule has 0 spiro atoms. The van der Waals surface area contributed by atoms with Gasteiger partial charge in [-0.1, -0.05) is 13.0 Å². The first-order chi connectivity index (χ1) is 12.7. The number of allylic oxidation sites excluding steroid dienone is 3. The molecule has 27 heavy (non-hydrogen) atoms. The minimum absolute atomic E-state index is 0.280. The second-order valence-electron chi connectivity index (χ2n) is 7.85. The number of hydrogen-bond donors (Lipinski definition) is 0. The van der Waals surface area contributed by atoms with Gasteiger partial charge in [0.2, 0.25) is 0 Å². The van der Waals surface area contributed by atoms with Crippen LogP contribution >= 0.6 is 0 Å². The van der Waals surface area contributed by atoms with Crippen molar-refractivity contribution in [2.24, 2.45) is 7.05 Å². The van der Waals surface area contributed by atoms with Gasteiger partial charge in [0.15, 0.2) is 9.84 Å². The van der Waals surface area contributed by atoms with Crippen LogP contribution in [0.4, 0.5) is 5.82 Å². The fourth-order valence-electron chi connectivity index (χ4n) is 4.37. The van der Waals surface area contributed by atoms with Crippen LogP contribution in [0.5, 0.6) is 0 Å². The predicted molar refractivity (Wildman–Crippen MR) is 112 cm³/mol. The molecule has 0 N–H and O–H groups in total. The number of aromatic nitrogens is 2. The predicted octanol–water partition coefficient (Wildman–Crippen LogP) is 4.07. The lowest BCUT2D eigenvalue weighted by Gasteiger charge is -2.31. The molecule has 1 aliphatic carbocycles. The first kappa shape index (κ1) is 19.9. The zero-order valence-electron chi connectivity index (χ0n) is 17.1. The van der Waals surface area contributed by atoms with Crippen LogP contribution in [0.2, 0.25) is 0 Å². The molecule has 1 aromatic heterocycles. The van der Waals surface area contributed by atoms with Gasteiger partial charge in [0, 0.05) is 25.9 Å². The lowest BCUT2D eigenvalue weighted by Crippen LogP contribution is -2.28. The summed E-state index contributed by atoms with van der Waals surface area (Å²) in [6.45, 7) is 9.02. The van der Waals surface area contributed by atoms with E-state index >= 15 is 0 Å². The number of hydrogen-bond acceptors (Lipinski definition) is 4. The highest BCUT2D eigenvalue weighted by molar-refractivity contribution is 7.92. The molecule has 0 bridgehead atoms. The van der Waals surface area contributed by atoms with E-state index in [9.17, 15) is 8.42 Å². The molecule has 3 rings (SSSR count). The second kappa shape index (κ2) is 7.66. The molecule has 1 aliphatic heterocycles. The Kier molecular flexibility index (Phi) is 5.65. The van der Waals surface area contributed by atoms with Crippen molar-refractivity contribution >= 4 is 15.7 Å². The standard InChI is InChI=1S/C21H31N3O2S/c1-6-10-27(25,26)19-9-7-8-18(12-19)21-15(2)13-24(14-16(21)3)20-11-17(4)22-23(20)5/h11-13,19H,6-10,14H2,1-5H3. The third-order valence-electron chi connectivity index (χ3n) is 5.44. The van der Waals surface area contributed by atoms with Gasteiger partial charge in [-0.2, -0.15) is 5.10 Å². The summed E-state index contributed by atoms with van der Waals surface area (Å²) in [6.07, 6.45) is 7.54. The Morgan fingerprint density at radius 1 is 1.26 bits per heavy atom. The minimum atomic E-state index is -3.04. The van der Waals surface area contributed by atoms with Crippen LogP contribution in [0.3, 0.4) is 0 Å². The van der Waals surface area contributed by atoms with Crippen LogP contribution < -0.4 is 4.90 Å². The van der Waals surface area contributed by atoms with Gasteiger partial charge in [0.05, 0.1) is 16.7 Å². The Balaban J connectivity index is 1.91. The number of rotatable bonds is 5. The molecule has 6 heteroatoms. The summed E-state index contributed by atoms with van der Waals surface area (Å²) in [5.41, 5.74) is 5.94. The van der Waals surface area contributed by atoms with E-state index < -0.39 is 9.84 Å². The van der Waals surface area contributed by atoms with Gasteiger partial charge in [-0.05, 0) is 68.7 Å². The van der Waals surface area contributed by atoms with Crippen molar-refractivity contribution in [2.45, 2.75) is 58.6 Å². The zero-order chi connectivity index (χ0) is 19.8. The van der Waals surface area contributed by atoms with E-state index in [-0.39, 0.29) is 11.0 Å². The number of nitrogens with zero attached hydrogens (tertiary/aromatic N) is 3. The summed E-state index contributed by atoms with van der Waals surface area (Å²) < 4.78 is 27.0. The molecular formula is C21H31N3O2S. The van der Waals surface area contributed by atoms with Crippen molar-refractivity contribution in [1.29, 1.82) is 0 Å². The Hall–Kier alpha value is -1.82. The van der Waals surface area contributed by atoms with Crippen LogP contribution in [0, 0.1) is 6.92 Å². The van der Waals surface area contributed by atoms with E-state index in [1.165, 1.54) is 22.3 Å². The molecular weight excluding hydrogens is 358 g/mol. The maximum Gasteiger partial charge on any atom is 0.156 e. The zero-order valence-corrected chi connectivity index (χ0v) is 17.9. The molecule has 5 nitrogen and oxygen atoms in total. The normalized spacial score (nSPS) is 21.4. The monoisotopic (exact) mass is 389 g/mol. The van der Waals surface area contributed by atoms with E-state index in [1.54, 1.807) is 0 Å². The first-order valence-corrected chi connectivity index (χ1v) is 11.5. The summed E-state index contributed by atoms with van der Waals surface area (Å²) >= 11 is 0. The maximum absolute atomic E-state index is 12.6. The highest BCUT2D eigenvalue weighted by atomic mass is 32.2.